The van der Waals surface area contributed by atoms with Gasteiger partial charge in [-0.2, -0.15) is 0 Å². The summed E-state index contributed by atoms with van der Waals surface area (Å²) >= 11 is 0. The lowest BCUT2D eigenvalue weighted by molar-refractivity contribution is 0.240. The van der Waals surface area contributed by atoms with E-state index in [0.29, 0.717) is 19.1 Å². The summed E-state index contributed by atoms with van der Waals surface area (Å²) in [5.41, 5.74) is 8.29. The molecule has 0 atom stereocenters. The largest absolute Gasteiger partial charge is 0.396 e. The molecule has 0 spiro atoms. The number of nitrogens with zero attached hydrogens (tertiary/aromatic N) is 1. The normalized spacial score (nSPS) is 17.4. The monoisotopic (exact) mass is 234 g/mol. The first-order chi connectivity index (χ1) is 8.35. The third kappa shape index (κ3) is 2.99. The Morgan fingerprint density at radius 3 is 2.59 bits per heavy atom. The van der Waals surface area contributed by atoms with Gasteiger partial charge in [-0.3, -0.25) is 0 Å². The van der Waals surface area contributed by atoms with Crippen molar-refractivity contribution in [1.82, 2.24) is 0 Å². The molecular weight excluding hydrogens is 212 g/mol. The minimum absolute atomic E-state index is 0.323. The number of aliphatic hydroxyl groups excluding tert-OH is 1. The number of benzene rings is 1. The van der Waals surface area contributed by atoms with E-state index in [9.17, 15) is 0 Å². The highest BCUT2D eigenvalue weighted by Gasteiger charge is 2.19. The average molecular weight is 234 g/mol. The van der Waals surface area contributed by atoms with Gasteiger partial charge >= 0.3 is 0 Å². The van der Waals surface area contributed by atoms with E-state index in [1.54, 1.807) is 0 Å². The Morgan fingerprint density at radius 2 is 1.94 bits per heavy atom. The molecule has 0 radical (unpaired) electrons. The van der Waals surface area contributed by atoms with Crippen LogP contribution in [0.3, 0.4) is 0 Å². The number of hydrogen-bond donors (Lipinski definition) is 2. The van der Waals surface area contributed by atoms with Crippen molar-refractivity contribution >= 4 is 5.69 Å². The van der Waals surface area contributed by atoms with Crippen LogP contribution < -0.4 is 10.6 Å². The summed E-state index contributed by atoms with van der Waals surface area (Å²) in [6.07, 6.45) is 3.31. The standard InChI is InChI=1S/C14H22N2O/c15-11-13-3-1-2-4-14(13)16-8-5-12(6-9-16)7-10-17/h1-4,12,17H,5-11,15H2. The highest BCUT2D eigenvalue weighted by atomic mass is 16.3. The van der Waals surface area contributed by atoms with Crippen molar-refractivity contribution in [3.05, 3.63) is 29.8 Å². The van der Waals surface area contributed by atoms with Crippen LogP contribution in [0.4, 0.5) is 5.69 Å². The van der Waals surface area contributed by atoms with Gasteiger partial charge in [-0.15, -0.1) is 0 Å². The van der Waals surface area contributed by atoms with Gasteiger partial charge in [-0.05, 0) is 36.8 Å². The topological polar surface area (TPSA) is 49.5 Å². The zero-order valence-electron chi connectivity index (χ0n) is 10.3. The van der Waals surface area contributed by atoms with Crippen LogP contribution in [0.5, 0.6) is 0 Å². The summed E-state index contributed by atoms with van der Waals surface area (Å²) in [4.78, 5) is 2.43. The molecule has 2 rings (SSSR count). The zero-order valence-corrected chi connectivity index (χ0v) is 10.3. The van der Waals surface area contributed by atoms with Crippen LogP contribution in [0, 0.1) is 5.92 Å². The summed E-state index contributed by atoms with van der Waals surface area (Å²) in [6.45, 7) is 3.10. The predicted molar refractivity (Wildman–Crippen MR) is 71.0 cm³/mol. The van der Waals surface area contributed by atoms with Crippen LogP contribution in [0.1, 0.15) is 24.8 Å². The lowest BCUT2D eigenvalue weighted by Crippen LogP contribution is -2.34. The van der Waals surface area contributed by atoms with Crippen molar-refractivity contribution in [3.8, 4) is 0 Å². The van der Waals surface area contributed by atoms with E-state index in [1.165, 1.54) is 24.1 Å². The number of anilines is 1. The molecule has 1 aromatic carbocycles. The first-order valence-corrected chi connectivity index (χ1v) is 6.49. The quantitative estimate of drug-likeness (QED) is 0.834. The molecule has 3 N–H and O–H groups in total. The van der Waals surface area contributed by atoms with Crippen LogP contribution in [0.15, 0.2) is 24.3 Å². The maximum absolute atomic E-state index is 8.95. The SMILES string of the molecule is NCc1ccccc1N1CCC(CCO)CC1. The van der Waals surface area contributed by atoms with Gasteiger partial charge in [0, 0.05) is 31.9 Å². The number of rotatable bonds is 4. The molecule has 0 saturated carbocycles. The number of aliphatic hydroxyl groups is 1. The molecule has 3 heteroatoms. The van der Waals surface area contributed by atoms with Crippen LogP contribution in [0.25, 0.3) is 0 Å². The van der Waals surface area contributed by atoms with E-state index in [4.69, 9.17) is 10.8 Å². The van der Waals surface area contributed by atoms with E-state index in [1.807, 2.05) is 6.07 Å². The molecule has 1 aliphatic rings. The molecular formula is C14H22N2O. The Labute approximate surface area is 103 Å². The number of piperidine rings is 1. The smallest absolute Gasteiger partial charge is 0.0433 e. The molecule has 1 fully saturated rings. The fraction of sp³-hybridized carbons (Fsp3) is 0.571. The molecule has 3 nitrogen and oxygen atoms in total. The fourth-order valence-electron chi connectivity index (χ4n) is 2.64. The highest BCUT2D eigenvalue weighted by Crippen LogP contribution is 2.27. The fourth-order valence-corrected chi connectivity index (χ4v) is 2.64. The van der Waals surface area contributed by atoms with E-state index >= 15 is 0 Å². The van der Waals surface area contributed by atoms with Crippen molar-refractivity contribution in [2.24, 2.45) is 11.7 Å². The second-order valence-corrected chi connectivity index (χ2v) is 4.78. The summed E-state index contributed by atoms with van der Waals surface area (Å²) in [7, 11) is 0. The van der Waals surface area contributed by atoms with E-state index in [2.05, 4.69) is 23.1 Å². The Bertz CT molecular complexity index is 346. The molecule has 1 heterocycles. The third-order valence-corrected chi connectivity index (χ3v) is 3.70. The molecule has 0 amide bonds. The summed E-state index contributed by atoms with van der Waals surface area (Å²) in [5.74, 6) is 0.696. The van der Waals surface area contributed by atoms with Crippen LogP contribution in [-0.2, 0) is 6.54 Å². The first kappa shape index (κ1) is 12.4. The number of para-hydroxylation sites is 1. The van der Waals surface area contributed by atoms with E-state index in [0.717, 1.165) is 19.5 Å². The minimum atomic E-state index is 0.323. The first-order valence-electron chi connectivity index (χ1n) is 6.49. The Balaban J connectivity index is 2.00. The Hall–Kier alpha value is -1.06. The maximum atomic E-state index is 8.95. The van der Waals surface area contributed by atoms with Crippen LogP contribution in [0.2, 0.25) is 0 Å². The van der Waals surface area contributed by atoms with Crippen molar-refractivity contribution in [2.75, 3.05) is 24.6 Å². The van der Waals surface area contributed by atoms with Gasteiger partial charge in [0.05, 0.1) is 0 Å². The lowest BCUT2D eigenvalue weighted by atomic mass is 9.93. The molecule has 0 unspecified atom stereocenters. The molecule has 1 aliphatic heterocycles. The van der Waals surface area contributed by atoms with Gasteiger partial charge in [-0.25, -0.2) is 0 Å². The van der Waals surface area contributed by atoms with Gasteiger partial charge in [0.1, 0.15) is 0 Å². The van der Waals surface area contributed by atoms with Gasteiger partial charge in [-0.1, -0.05) is 18.2 Å². The molecule has 1 aromatic rings. The molecule has 0 bridgehead atoms. The van der Waals surface area contributed by atoms with Crippen molar-refractivity contribution < 1.29 is 5.11 Å². The zero-order chi connectivity index (χ0) is 12.1. The van der Waals surface area contributed by atoms with Gasteiger partial charge in [0.25, 0.3) is 0 Å². The van der Waals surface area contributed by atoms with Crippen LogP contribution in [-0.4, -0.2) is 24.8 Å². The molecule has 0 aromatic heterocycles. The lowest BCUT2D eigenvalue weighted by Gasteiger charge is -2.34. The second-order valence-electron chi connectivity index (χ2n) is 4.78. The molecule has 17 heavy (non-hydrogen) atoms. The summed E-state index contributed by atoms with van der Waals surface area (Å²) in [6, 6.07) is 8.39. The van der Waals surface area contributed by atoms with Gasteiger partial charge < -0.3 is 15.7 Å². The molecule has 0 aliphatic carbocycles. The third-order valence-electron chi connectivity index (χ3n) is 3.70. The predicted octanol–water partition coefficient (Wildman–Crippen LogP) is 1.74. The van der Waals surface area contributed by atoms with Gasteiger partial charge in [0.15, 0.2) is 0 Å². The van der Waals surface area contributed by atoms with E-state index in [-0.39, 0.29) is 0 Å². The Kier molecular flexibility index (Phi) is 4.40. The summed E-state index contributed by atoms with van der Waals surface area (Å²) < 4.78 is 0. The number of hydrogen-bond acceptors (Lipinski definition) is 3. The van der Waals surface area contributed by atoms with E-state index < -0.39 is 0 Å². The van der Waals surface area contributed by atoms with Gasteiger partial charge in [0.2, 0.25) is 0 Å². The second kappa shape index (κ2) is 6.03. The van der Waals surface area contributed by atoms with Crippen molar-refractivity contribution in [1.29, 1.82) is 0 Å². The summed E-state index contributed by atoms with van der Waals surface area (Å²) in [5, 5.41) is 8.95. The van der Waals surface area contributed by atoms with Crippen molar-refractivity contribution in [2.45, 2.75) is 25.8 Å². The highest BCUT2D eigenvalue weighted by molar-refractivity contribution is 5.53. The van der Waals surface area contributed by atoms with Crippen LogP contribution >= 0.6 is 0 Å². The average Bonchev–Trinajstić information content (AvgIpc) is 2.40. The Morgan fingerprint density at radius 1 is 1.24 bits per heavy atom. The maximum Gasteiger partial charge on any atom is 0.0433 e. The molecule has 1 saturated heterocycles. The number of nitrogens with two attached hydrogens (primary N) is 1. The van der Waals surface area contributed by atoms with Crippen molar-refractivity contribution in [3.63, 3.8) is 0 Å². The molecule has 94 valence electrons. The minimum Gasteiger partial charge on any atom is -0.396 e.